The quantitative estimate of drug-likeness (QED) is 0.129. The van der Waals surface area contributed by atoms with Crippen LogP contribution in [0.2, 0.25) is 0 Å². The van der Waals surface area contributed by atoms with Crippen molar-refractivity contribution in [3.05, 3.63) is 0 Å². The predicted molar refractivity (Wildman–Crippen MR) is 140 cm³/mol. The summed E-state index contributed by atoms with van der Waals surface area (Å²) < 4.78 is 92.9. The van der Waals surface area contributed by atoms with Gasteiger partial charge in [-0.1, -0.05) is 0 Å². The summed E-state index contributed by atoms with van der Waals surface area (Å²) in [7, 11) is -17.7. The predicted octanol–water partition coefficient (Wildman–Crippen LogP) is -0.839. The van der Waals surface area contributed by atoms with E-state index in [1.165, 1.54) is 0 Å². The fourth-order valence-electron chi connectivity index (χ4n) is 2.04. The lowest BCUT2D eigenvalue weighted by Gasteiger charge is -1.95. The van der Waals surface area contributed by atoms with Gasteiger partial charge in [0.2, 0.25) is 0 Å². The molecular formula is C14H38N3O20P5. The molecule has 10 N–H and O–H groups in total. The standard InChI is InChI=1S/C4H13N3.5C2H5O4P/c5-1-3-7-4-2-6;5*3-7(4)5-1-2-6-7/h7H,1-6H2;5*1-2H2,(H,3,4). The first-order valence-electron chi connectivity index (χ1n) is 11.6. The van der Waals surface area contributed by atoms with Crippen LogP contribution in [0, 0.1) is 0 Å². The zero-order valence-electron chi connectivity index (χ0n) is 22.2. The second-order valence-corrected chi connectivity index (χ2v) is 14.3. The summed E-state index contributed by atoms with van der Waals surface area (Å²) in [5, 5.41) is 3.03. The van der Waals surface area contributed by atoms with Gasteiger partial charge in [-0.25, -0.2) is 22.8 Å². The van der Waals surface area contributed by atoms with Crippen molar-refractivity contribution in [1.29, 1.82) is 0 Å². The Morgan fingerprint density at radius 2 is 0.548 bits per heavy atom. The summed E-state index contributed by atoms with van der Waals surface area (Å²) in [4.78, 5) is 41.5. The SMILES string of the molecule is NCCNCCN.O=P1(O)OCCO1.O=P1(O)OCCO1.O=P1(O)OCCO1.O=P1(O)OCCO1.O=P1(O)OCCO1. The molecule has 0 bridgehead atoms. The normalized spacial score (nSPS) is 25.0. The Bertz CT molecular complexity index is 758. The van der Waals surface area contributed by atoms with Crippen LogP contribution in [0.3, 0.4) is 0 Å². The number of hydrogen-bond donors (Lipinski definition) is 8. The number of phosphoric ester groups is 5. The van der Waals surface area contributed by atoms with E-state index in [1.807, 2.05) is 0 Å². The fourth-order valence-corrected chi connectivity index (χ4v) is 5.47. The highest BCUT2D eigenvalue weighted by Gasteiger charge is 2.28. The van der Waals surface area contributed by atoms with E-state index in [2.05, 4.69) is 50.6 Å². The molecule has 0 unspecified atom stereocenters. The fraction of sp³-hybridized carbons (Fsp3) is 1.00. The molecule has 5 saturated heterocycles. The van der Waals surface area contributed by atoms with Crippen molar-refractivity contribution in [3.63, 3.8) is 0 Å². The first-order valence-corrected chi connectivity index (χ1v) is 19.1. The van der Waals surface area contributed by atoms with Gasteiger partial charge in [0.05, 0.1) is 66.1 Å². The maximum atomic E-state index is 10.1. The molecule has 5 aliphatic heterocycles. The van der Waals surface area contributed by atoms with Crippen LogP contribution in [-0.2, 0) is 68.1 Å². The highest BCUT2D eigenvalue weighted by molar-refractivity contribution is 7.48. The number of nitrogens with two attached hydrogens (primary N) is 2. The molecule has 0 aromatic heterocycles. The summed E-state index contributed by atoms with van der Waals surface area (Å²) in [6.45, 7) is 5.43. The Morgan fingerprint density at radius 3 is 0.619 bits per heavy atom. The Balaban J connectivity index is 0.000000480. The second kappa shape index (κ2) is 22.0. The Morgan fingerprint density at radius 1 is 0.405 bits per heavy atom. The summed E-state index contributed by atoms with van der Waals surface area (Å²) in [6.07, 6.45) is 0. The van der Waals surface area contributed by atoms with E-state index in [0.29, 0.717) is 13.1 Å². The first kappa shape index (κ1) is 42.4. The van der Waals surface area contributed by atoms with Crippen LogP contribution in [0.4, 0.5) is 0 Å². The highest BCUT2D eigenvalue weighted by Crippen LogP contribution is 2.48. The molecule has 0 radical (unpaired) electrons. The molecule has 5 heterocycles. The molecule has 0 saturated carbocycles. The van der Waals surface area contributed by atoms with E-state index in [4.69, 9.17) is 35.9 Å². The largest absolute Gasteiger partial charge is 0.472 e. The Labute approximate surface area is 241 Å². The van der Waals surface area contributed by atoms with Gasteiger partial charge in [0.1, 0.15) is 0 Å². The van der Waals surface area contributed by atoms with Gasteiger partial charge in [0, 0.05) is 26.2 Å². The van der Waals surface area contributed by atoms with Crippen molar-refractivity contribution in [3.8, 4) is 0 Å². The highest BCUT2D eigenvalue weighted by atomic mass is 31.2. The van der Waals surface area contributed by atoms with Gasteiger partial charge < -0.3 is 41.3 Å². The monoisotopic (exact) mass is 723 g/mol. The maximum absolute atomic E-state index is 10.1. The molecule has 254 valence electrons. The van der Waals surface area contributed by atoms with Gasteiger partial charge in [-0.3, -0.25) is 45.2 Å². The van der Waals surface area contributed by atoms with Crippen LogP contribution >= 0.6 is 39.1 Å². The van der Waals surface area contributed by atoms with Crippen molar-refractivity contribution >= 4 is 39.1 Å². The maximum Gasteiger partial charge on any atom is 0.472 e. The lowest BCUT2D eigenvalue weighted by Crippen LogP contribution is -2.27. The van der Waals surface area contributed by atoms with Gasteiger partial charge in [0.25, 0.3) is 0 Å². The van der Waals surface area contributed by atoms with Crippen molar-refractivity contribution in [2.45, 2.75) is 0 Å². The smallest absolute Gasteiger partial charge is 0.329 e. The van der Waals surface area contributed by atoms with Crippen molar-refractivity contribution in [2.75, 3.05) is 92.2 Å². The lowest BCUT2D eigenvalue weighted by molar-refractivity contribution is 0.260. The number of phosphoric acid groups is 5. The summed E-state index contributed by atoms with van der Waals surface area (Å²) in [5.74, 6) is 0. The molecule has 0 atom stereocenters. The minimum atomic E-state index is -3.54. The van der Waals surface area contributed by atoms with Gasteiger partial charge in [0.15, 0.2) is 0 Å². The third-order valence-corrected chi connectivity index (χ3v) is 8.69. The summed E-state index contributed by atoms with van der Waals surface area (Å²) in [5.41, 5.74) is 10.3. The van der Waals surface area contributed by atoms with Crippen molar-refractivity contribution in [2.24, 2.45) is 11.5 Å². The average Bonchev–Trinajstić information content (AvgIpc) is 3.73. The zero-order valence-corrected chi connectivity index (χ0v) is 26.6. The molecule has 28 heteroatoms. The van der Waals surface area contributed by atoms with Crippen molar-refractivity contribution < 1.29 is 92.5 Å². The van der Waals surface area contributed by atoms with E-state index in [-0.39, 0.29) is 66.1 Å². The molecule has 0 aromatic rings. The third-order valence-electron chi connectivity index (χ3n) is 3.60. The number of nitrogens with one attached hydrogen (secondary N) is 1. The van der Waals surface area contributed by atoms with E-state index in [9.17, 15) is 22.8 Å². The molecule has 23 nitrogen and oxygen atoms in total. The minimum Gasteiger partial charge on any atom is -0.329 e. The van der Waals surface area contributed by atoms with Gasteiger partial charge >= 0.3 is 39.1 Å². The molecule has 0 aliphatic carbocycles. The van der Waals surface area contributed by atoms with Gasteiger partial charge in [-0.2, -0.15) is 0 Å². The van der Waals surface area contributed by atoms with Crippen LogP contribution < -0.4 is 16.8 Å². The molecule has 0 aromatic carbocycles. The molecule has 0 amide bonds. The molecule has 42 heavy (non-hydrogen) atoms. The Hall–Kier alpha value is 0.430. The molecule has 0 spiro atoms. The van der Waals surface area contributed by atoms with Gasteiger partial charge in [-0.15, -0.1) is 0 Å². The summed E-state index contributed by atoms with van der Waals surface area (Å²) >= 11 is 0. The topological polar surface area (TPSA) is 343 Å². The molecular weight excluding hydrogens is 685 g/mol. The van der Waals surface area contributed by atoms with E-state index in [1.54, 1.807) is 0 Å². The van der Waals surface area contributed by atoms with E-state index in [0.717, 1.165) is 13.1 Å². The minimum absolute atomic E-state index is 0.230. The molecule has 5 aliphatic rings. The van der Waals surface area contributed by atoms with Crippen LogP contribution in [0.5, 0.6) is 0 Å². The molecule has 5 rings (SSSR count). The van der Waals surface area contributed by atoms with Crippen LogP contribution in [-0.4, -0.2) is 117 Å². The molecule has 5 fully saturated rings. The first-order chi connectivity index (χ1) is 19.4. The average molecular weight is 723 g/mol. The van der Waals surface area contributed by atoms with Crippen molar-refractivity contribution in [1.82, 2.24) is 5.32 Å². The Kier molecular flexibility index (Phi) is 22.3. The van der Waals surface area contributed by atoms with E-state index < -0.39 is 39.1 Å². The zero-order chi connectivity index (χ0) is 32.2. The van der Waals surface area contributed by atoms with Crippen LogP contribution in [0.25, 0.3) is 0 Å². The lowest BCUT2D eigenvalue weighted by atomic mass is 10.6. The second-order valence-electron chi connectivity index (χ2n) is 7.00. The van der Waals surface area contributed by atoms with Crippen LogP contribution in [0.15, 0.2) is 0 Å². The number of rotatable bonds is 4. The third kappa shape index (κ3) is 25.7. The van der Waals surface area contributed by atoms with Gasteiger partial charge in [-0.05, 0) is 0 Å². The number of hydrogen-bond acceptors (Lipinski definition) is 18. The van der Waals surface area contributed by atoms with E-state index >= 15 is 0 Å². The summed E-state index contributed by atoms with van der Waals surface area (Å²) in [6, 6.07) is 0. The van der Waals surface area contributed by atoms with Crippen LogP contribution in [0.1, 0.15) is 0 Å².